The zero-order chi connectivity index (χ0) is 11.8. The van der Waals surface area contributed by atoms with Crippen LogP contribution in [-0.2, 0) is 0 Å². The van der Waals surface area contributed by atoms with Gasteiger partial charge in [0.25, 0.3) is 0 Å². The third-order valence-electron chi connectivity index (χ3n) is 2.23. The number of hydrogen-bond donors (Lipinski definition) is 2. The molecule has 1 aromatic rings. The van der Waals surface area contributed by atoms with Gasteiger partial charge in [-0.1, -0.05) is 37.6 Å². The quantitative estimate of drug-likeness (QED) is 0.732. The second kappa shape index (κ2) is 6.67. The summed E-state index contributed by atoms with van der Waals surface area (Å²) in [5.74, 6) is 0. The number of carbonyl (C=O) groups excluding carboxylic acids is 1. The van der Waals surface area contributed by atoms with E-state index in [4.69, 9.17) is 0 Å². The molecule has 3 nitrogen and oxygen atoms in total. The van der Waals surface area contributed by atoms with Crippen LogP contribution in [0.2, 0.25) is 0 Å². The van der Waals surface area contributed by atoms with Gasteiger partial charge in [0.2, 0.25) is 0 Å². The number of rotatable bonds is 5. The van der Waals surface area contributed by atoms with E-state index in [1.54, 1.807) is 6.08 Å². The summed E-state index contributed by atoms with van der Waals surface area (Å²) in [7, 11) is 0. The highest BCUT2D eigenvalue weighted by atomic mass is 16.2. The normalized spacial score (nSPS) is 11.6. The van der Waals surface area contributed by atoms with Gasteiger partial charge in [-0.2, -0.15) is 0 Å². The number of hydrogen-bond acceptors (Lipinski definition) is 1. The fourth-order valence-electron chi connectivity index (χ4n) is 1.42. The summed E-state index contributed by atoms with van der Waals surface area (Å²) in [5, 5.41) is 5.62. The molecule has 0 heterocycles. The number of nitrogens with one attached hydrogen (secondary N) is 2. The van der Waals surface area contributed by atoms with Gasteiger partial charge in [-0.15, -0.1) is 6.58 Å². The molecule has 0 saturated carbocycles. The molecule has 2 amide bonds. The van der Waals surface area contributed by atoms with Crippen LogP contribution >= 0.6 is 0 Å². The van der Waals surface area contributed by atoms with Crippen molar-refractivity contribution in [3.63, 3.8) is 0 Å². The summed E-state index contributed by atoms with van der Waals surface area (Å²) < 4.78 is 0. The van der Waals surface area contributed by atoms with Gasteiger partial charge in [0.05, 0.1) is 0 Å². The van der Waals surface area contributed by atoms with Crippen molar-refractivity contribution in [2.24, 2.45) is 0 Å². The minimum Gasteiger partial charge on any atom is -0.332 e. The molecule has 0 aliphatic carbocycles. The van der Waals surface area contributed by atoms with E-state index in [2.05, 4.69) is 24.1 Å². The molecule has 1 rings (SSSR count). The first kappa shape index (κ1) is 12.3. The van der Waals surface area contributed by atoms with Crippen molar-refractivity contribution in [3.8, 4) is 0 Å². The first-order valence-corrected chi connectivity index (χ1v) is 5.51. The lowest BCUT2D eigenvalue weighted by molar-refractivity contribution is 0.249. The highest BCUT2D eigenvalue weighted by molar-refractivity contribution is 5.89. The molecule has 0 saturated heterocycles. The molecule has 0 aliphatic rings. The monoisotopic (exact) mass is 218 g/mol. The Bertz CT molecular complexity index is 335. The van der Waals surface area contributed by atoms with Gasteiger partial charge in [0.15, 0.2) is 0 Å². The summed E-state index contributed by atoms with van der Waals surface area (Å²) in [6.45, 7) is 5.77. The van der Waals surface area contributed by atoms with Gasteiger partial charge >= 0.3 is 6.03 Å². The first-order valence-electron chi connectivity index (χ1n) is 5.51. The molecule has 0 unspecified atom stereocenters. The highest BCUT2D eigenvalue weighted by Gasteiger charge is 2.07. The minimum absolute atomic E-state index is 0.0358. The van der Waals surface area contributed by atoms with Gasteiger partial charge in [-0.05, 0) is 18.6 Å². The Hall–Kier alpha value is -1.77. The van der Waals surface area contributed by atoms with Gasteiger partial charge in [0, 0.05) is 11.7 Å². The van der Waals surface area contributed by atoms with Crippen molar-refractivity contribution >= 4 is 11.7 Å². The average Bonchev–Trinajstić information content (AvgIpc) is 2.29. The van der Waals surface area contributed by atoms with E-state index in [1.165, 1.54) is 0 Å². The zero-order valence-corrected chi connectivity index (χ0v) is 9.57. The lowest BCUT2D eigenvalue weighted by Gasteiger charge is -2.14. The molecule has 3 heteroatoms. The minimum atomic E-state index is -0.190. The maximum Gasteiger partial charge on any atom is 0.319 e. The van der Waals surface area contributed by atoms with Crippen molar-refractivity contribution in [1.29, 1.82) is 0 Å². The predicted molar refractivity (Wildman–Crippen MR) is 67.5 cm³/mol. The van der Waals surface area contributed by atoms with Crippen LogP contribution in [0.25, 0.3) is 0 Å². The van der Waals surface area contributed by atoms with Crippen molar-refractivity contribution in [1.82, 2.24) is 5.32 Å². The van der Waals surface area contributed by atoms with Crippen molar-refractivity contribution in [2.45, 2.75) is 25.8 Å². The van der Waals surface area contributed by atoms with E-state index >= 15 is 0 Å². The number of amides is 2. The Morgan fingerprint density at radius 2 is 2.12 bits per heavy atom. The molecule has 16 heavy (non-hydrogen) atoms. The average molecular weight is 218 g/mol. The van der Waals surface area contributed by atoms with Gasteiger partial charge in [-0.3, -0.25) is 0 Å². The predicted octanol–water partition coefficient (Wildman–Crippen LogP) is 3.16. The summed E-state index contributed by atoms with van der Waals surface area (Å²) >= 11 is 0. The van der Waals surface area contributed by atoms with E-state index < -0.39 is 0 Å². The Kier molecular flexibility index (Phi) is 5.12. The molecule has 1 atom stereocenters. The molecule has 0 radical (unpaired) electrons. The number of urea groups is 1. The fraction of sp³-hybridized carbons (Fsp3) is 0.308. The van der Waals surface area contributed by atoms with Gasteiger partial charge in [-0.25, -0.2) is 4.79 Å². The fourth-order valence-corrected chi connectivity index (χ4v) is 1.42. The van der Waals surface area contributed by atoms with E-state index in [9.17, 15) is 4.79 Å². The molecule has 0 fully saturated rings. The SMILES string of the molecule is C=C[C@@H](CCC)NC(=O)Nc1ccccc1. The Morgan fingerprint density at radius 3 is 2.69 bits per heavy atom. The van der Waals surface area contributed by atoms with Crippen LogP contribution in [0.5, 0.6) is 0 Å². The number of para-hydroxylation sites is 1. The Morgan fingerprint density at radius 1 is 1.44 bits per heavy atom. The molecule has 86 valence electrons. The molecular weight excluding hydrogens is 200 g/mol. The number of benzene rings is 1. The largest absolute Gasteiger partial charge is 0.332 e. The molecular formula is C13H18N2O. The summed E-state index contributed by atoms with van der Waals surface area (Å²) in [4.78, 5) is 11.6. The molecule has 2 N–H and O–H groups in total. The van der Waals surface area contributed by atoms with Gasteiger partial charge < -0.3 is 10.6 Å². The second-order valence-electron chi connectivity index (χ2n) is 3.60. The van der Waals surface area contributed by atoms with Crippen LogP contribution in [0.15, 0.2) is 43.0 Å². The van der Waals surface area contributed by atoms with Crippen LogP contribution in [0.4, 0.5) is 10.5 Å². The third-order valence-corrected chi connectivity index (χ3v) is 2.23. The second-order valence-corrected chi connectivity index (χ2v) is 3.60. The Labute approximate surface area is 96.6 Å². The van der Waals surface area contributed by atoms with Crippen LogP contribution < -0.4 is 10.6 Å². The van der Waals surface area contributed by atoms with Crippen LogP contribution in [0.1, 0.15) is 19.8 Å². The molecule has 0 spiro atoms. The van der Waals surface area contributed by atoms with E-state index in [0.29, 0.717) is 0 Å². The summed E-state index contributed by atoms with van der Waals surface area (Å²) in [6.07, 6.45) is 3.68. The smallest absolute Gasteiger partial charge is 0.319 e. The van der Waals surface area contributed by atoms with E-state index in [0.717, 1.165) is 18.5 Å². The van der Waals surface area contributed by atoms with Crippen molar-refractivity contribution in [3.05, 3.63) is 43.0 Å². The Balaban J connectivity index is 2.44. The molecule has 0 bridgehead atoms. The van der Waals surface area contributed by atoms with Crippen molar-refractivity contribution < 1.29 is 4.79 Å². The first-order chi connectivity index (χ1) is 7.76. The van der Waals surface area contributed by atoms with Crippen LogP contribution in [-0.4, -0.2) is 12.1 Å². The zero-order valence-electron chi connectivity index (χ0n) is 9.57. The van der Waals surface area contributed by atoms with E-state index in [1.807, 2.05) is 30.3 Å². The summed E-state index contributed by atoms with van der Waals surface area (Å²) in [6, 6.07) is 9.22. The number of carbonyl (C=O) groups is 1. The number of anilines is 1. The highest BCUT2D eigenvalue weighted by Crippen LogP contribution is 2.05. The maximum atomic E-state index is 11.6. The van der Waals surface area contributed by atoms with Crippen LogP contribution in [0.3, 0.4) is 0 Å². The molecule has 1 aromatic carbocycles. The standard InChI is InChI=1S/C13H18N2O/c1-3-8-11(4-2)14-13(16)15-12-9-6-5-7-10-12/h4-7,9-11H,2-3,8H2,1H3,(H2,14,15,16)/t11-/m0/s1. The van der Waals surface area contributed by atoms with Crippen LogP contribution in [0, 0.1) is 0 Å². The maximum absolute atomic E-state index is 11.6. The molecule has 0 aliphatic heterocycles. The summed E-state index contributed by atoms with van der Waals surface area (Å²) in [5.41, 5.74) is 0.791. The topological polar surface area (TPSA) is 41.1 Å². The van der Waals surface area contributed by atoms with Gasteiger partial charge in [0.1, 0.15) is 0 Å². The van der Waals surface area contributed by atoms with E-state index in [-0.39, 0.29) is 12.1 Å². The molecule has 0 aromatic heterocycles. The lowest BCUT2D eigenvalue weighted by atomic mass is 10.2. The lowest BCUT2D eigenvalue weighted by Crippen LogP contribution is -2.36. The third kappa shape index (κ3) is 4.17. The van der Waals surface area contributed by atoms with Crippen molar-refractivity contribution in [2.75, 3.05) is 5.32 Å².